The molecule has 0 aromatic carbocycles. The van der Waals surface area contributed by atoms with Gasteiger partial charge in [-0.05, 0) is 13.3 Å². The van der Waals surface area contributed by atoms with Crippen LogP contribution in [0.5, 0.6) is 0 Å². The standard InChI is InChI=1S/C9H17N3O3/c1-6(13)8(10)9-11-7(12-15-9)4-3-5-14-2/h6,8,13H,3-5,10H2,1-2H3/t6-,8+/m1/s1. The van der Waals surface area contributed by atoms with Crippen LogP contribution in [0.1, 0.15) is 31.1 Å². The Morgan fingerprint density at radius 3 is 2.93 bits per heavy atom. The van der Waals surface area contributed by atoms with E-state index in [-0.39, 0.29) is 5.89 Å². The van der Waals surface area contributed by atoms with E-state index in [1.165, 1.54) is 0 Å². The summed E-state index contributed by atoms with van der Waals surface area (Å²) in [6, 6.07) is -0.617. The Kier molecular flexibility index (Phi) is 4.67. The highest BCUT2D eigenvalue weighted by Crippen LogP contribution is 2.12. The van der Waals surface area contributed by atoms with Crippen molar-refractivity contribution in [1.82, 2.24) is 10.1 Å². The number of hydrogen-bond donors (Lipinski definition) is 2. The molecule has 0 saturated carbocycles. The van der Waals surface area contributed by atoms with Gasteiger partial charge in [-0.15, -0.1) is 0 Å². The van der Waals surface area contributed by atoms with Crippen LogP contribution in [-0.4, -0.2) is 35.1 Å². The molecule has 1 rings (SSSR count). The van der Waals surface area contributed by atoms with Gasteiger partial charge in [0.05, 0.1) is 6.10 Å². The second kappa shape index (κ2) is 5.79. The van der Waals surface area contributed by atoms with Gasteiger partial charge in [0.25, 0.3) is 0 Å². The normalized spacial score (nSPS) is 15.2. The lowest BCUT2D eigenvalue weighted by molar-refractivity contribution is 0.146. The number of aryl methyl sites for hydroxylation is 1. The second-order valence-electron chi connectivity index (χ2n) is 3.41. The lowest BCUT2D eigenvalue weighted by Crippen LogP contribution is -2.23. The highest BCUT2D eigenvalue weighted by atomic mass is 16.5. The number of methoxy groups -OCH3 is 1. The number of aromatic nitrogens is 2. The Morgan fingerprint density at radius 1 is 1.60 bits per heavy atom. The third kappa shape index (κ3) is 3.58. The van der Waals surface area contributed by atoms with Crippen molar-refractivity contribution < 1.29 is 14.4 Å². The van der Waals surface area contributed by atoms with E-state index < -0.39 is 12.1 Å². The molecule has 0 unspecified atom stereocenters. The molecule has 0 aliphatic rings. The Balaban J connectivity index is 2.48. The molecule has 0 aliphatic carbocycles. The van der Waals surface area contributed by atoms with Crippen LogP contribution in [0.3, 0.4) is 0 Å². The monoisotopic (exact) mass is 215 g/mol. The fourth-order valence-electron chi connectivity index (χ4n) is 1.09. The summed E-state index contributed by atoms with van der Waals surface area (Å²) in [4.78, 5) is 4.08. The molecule has 0 aliphatic heterocycles. The smallest absolute Gasteiger partial charge is 0.246 e. The van der Waals surface area contributed by atoms with Crippen LogP contribution in [0.2, 0.25) is 0 Å². The third-order valence-corrected chi connectivity index (χ3v) is 2.04. The highest BCUT2D eigenvalue weighted by molar-refractivity contribution is 4.93. The van der Waals surface area contributed by atoms with Crippen LogP contribution in [-0.2, 0) is 11.2 Å². The largest absolute Gasteiger partial charge is 0.391 e. The molecular weight excluding hydrogens is 198 g/mol. The fourth-order valence-corrected chi connectivity index (χ4v) is 1.09. The van der Waals surface area contributed by atoms with E-state index in [0.717, 1.165) is 6.42 Å². The molecule has 0 bridgehead atoms. The predicted octanol–water partition coefficient (Wildman–Crippen LogP) is 0.0292. The van der Waals surface area contributed by atoms with Crippen molar-refractivity contribution >= 4 is 0 Å². The molecule has 0 fully saturated rings. The van der Waals surface area contributed by atoms with Crippen LogP contribution in [0.15, 0.2) is 4.52 Å². The molecule has 0 amide bonds. The van der Waals surface area contributed by atoms with E-state index in [1.54, 1.807) is 14.0 Å². The number of nitrogens with zero attached hydrogens (tertiary/aromatic N) is 2. The van der Waals surface area contributed by atoms with Crippen molar-refractivity contribution in [2.24, 2.45) is 5.73 Å². The maximum Gasteiger partial charge on any atom is 0.246 e. The maximum atomic E-state index is 9.22. The lowest BCUT2D eigenvalue weighted by atomic mass is 10.2. The molecule has 0 radical (unpaired) electrons. The van der Waals surface area contributed by atoms with E-state index in [0.29, 0.717) is 18.9 Å². The van der Waals surface area contributed by atoms with E-state index in [2.05, 4.69) is 10.1 Å². The number of aliphatic hydroxyl groups excluding tert-OH is 1. The minimum Gasteiger partial charge on any atom is -0.391 e. The average molecular weight is 215 g/mol. The summed E-state index contributed by atoms with van der Waals surface area (Å²) in [7, 11) is 1.64. The predicted molar refractivity (Wildman–Crippen MR) is 53.1 cm³/mol. The van der Waals surface area contributed by atoms with Crippen molar-refractivity contribution in [3.05, 3.63) is 11.7 Å². The molecule has 86 valence electrons. The van der Waals surface area contributed by atoms with Gasteiger partial charge in [-0.25, -0.2) is 0 Å². The number of hydrogen-bond acceptors (Lipinski definition) is 6. The Bertz CT molecular complexity index is 288. The summed E-state index contributed by atoms with van der Waals surface area (Å²) in [5.74, 6) is 0.871. The molecule has 0 spiro atoms. The van der Waals surface area contributed by atoms with E-state index in [1.807, 2.05) is 0 Å². The van der Waals surface area contributed by atoms with E-state index in [4.69, 9.17) is 15.0 Å². The molecular formula is C9H17N3O3. The van der Waals surface area contributed by atoms with Gasteiger partial charge in [0.1, 0.15) is 6.04 Å². The van der Waals surface area contributed by atoms with Gasteiger partial charge in [-0.2, -0.15) is 4.98 Å². The van der Waals surface area contributed by atoms with Crippen molar-refractivity contribution in [2.45, 2.75) is 31.9 Å². The maximum absolute atomic E-state index is 9.22. The summed E-state index contributed by atoms with van der Waals surface area (Å²) >= 11 is 0. The van der Waals surface area contributed by atoms with Gasteiger partial charge in [0, 0.05) is 20.1 Å². The second-order valence-corrected chi connectivity index (χ2v) is 3.41. The van der Waals surface area contributed by atoms with Crippen LogP contribution >= 0.6 is 0 Å². The molecule has 1 aromatic rings. The molecule has 3 N–H and O–H groups in total. The molecule has 0 saturated heterocycles. The number of ether oxygens (including phenoxy) is 1. The van der Waals surface area contributed by atoms with Crippen LogP contribution in [0.25, 0.3) is 0 Å². The summed E-state index contributed by atoms with van der Waals surface area (Å²) in [6.07, 6.45) is 0.820. The third-order valence-electron chi connectivity index (χ3n) is 2.04. The first-order valence-electron chi connectivity index (χ1n) is 4.90. The quantitative estimate of drug-likeness (QED) is 0.650. The van der Waals surface area contributed by atoms with Crippen molar-refractivity contribution in [2.75, 3.05) is 13.7 Å². The van der Waals surface area contributed by atoms with Crippen molar-refractivity contribution in [1.29, 1.82) is 0 Å². The van der Waals surface area contributed by atoms with Gasteiger partial charge >= 0.3 is 0 Å². The molecule has 1 heterocycles. The number of aliphatic hydroxyl groups is 1. The average Bonchev–Trinajstić information content (AvgIpc) is 2.65. The number of rotatable bonds is 6. The first kappa shape index (κ1) is 12.1. The number of nitrogens with two attached hydrogens (primary N) is 1. The Labute approximate surface area is 88.4 Å². The van der Waals surface area contributed by atoms with Gasteiger partial charge < -0.3 is 20.1 Å². The zero-order chi connectivity index (χ0) is 11.3. The Morgan fingerprint density at radius 2 is 2.33 bits per heavy atom. The Hall–Kier alpha value is -0.980. The summed E-state index contributed by atoms with van der Waals surface area (Å²) < 4.78 is 9.84. The SMILES string of the molecule is COCCCc1noc([C@@H](N)[C@@H](C)O)n1. The fraction of sp³-hybridized carbons (Fsp3) is 0.778. The van der Waals surface area contributed by atoms with Gasteiger partial charge in [0.15, 0.2) is 5.82 Å². The van der Waals surface area contributed by atoms with Crippen LogP contribution in [0, 0.1) is 0 Å². The van der Waals surface area contributed by atoms with Crippen molar-refractivity contribution in [3.8, 4) is 0 Å². The van der Waals surface area contributed by atoms with Gasteiger partial charge in [0.2, 0.25) is 5.89 Å². The molecule has 6 nitrogen and oxygen atoms in total. The summed E-state index contributed by atoms with van der Waals surface area (Å²) in [5, 5.41) is 13.0. The summed E-state index contributed by atoms with van der Waals surface area (Å²) in [6.45, 7) is 2.24. The summed E-state index contributed by atoms with van der Waals surface area (Å²) in [5.41, 5.74) is 5.64. The molecule has 6 heteroatoms. The first-order chi connectivity index (χ1) is 7.15. The first-order valence-corrected chi connectivity index (χ1v) is 4.90. The molecule has 2 atom stereocenters. The van der Waals surface area contributed by atoms with E-state index >= 15 is 0 Å². The minimum absolute atomic E-state index is 0.275. The molecule has 15 heavy (non-hydrogen) atoms. The zero-order valence-electron chi connectivity index (χ0n) is 9.01. The van der Waals surface area contributed by atoms with Crippen LogP contribution in [0.4, 0.5) is 0 Å². The lowest BCUT2D eigenvalue weighted by Gasteiger charge is -2.08. The van der Waals surface area contributed by atoms with Crippen LogP contribution < -0.4 is 5.73 Å². The van der Waals surface area contributed by atoms with E-state index in [9.17, 15) is 5.11 Å². The topological polar surface area (TPSA) is 94.4 Å². The zero-order valence-corrected chi connectivity index (χ0v) is 9.01. The molecule has 1 aromatic heterocycles. The van der Waals surface area contributed by atoms with Gasteiger partial charge in [-0.3, -0.25) is 0 Å². The van der Waals surface area contributed by atoms with Crippen molar-refractivity contribution in [3.63, 3.8) is 0 Å². The highest BCUT2D eigenvalue weighted by Gasteiger charge is 2.18. The minimum atomic E-state index is -0.697. The van der Waals surface area contributed by atoms with Gasteiger partial charge in [-0.1, -0.05) is 5.16 Å².